The number of aliphatic hydroxyl groups is 1. The van der Waals surface area contributed by atoms with E-state index in [-0.39, 0.29) is 27.6 Å². The predicted octanol–water partition coefficient (Wildman–Crippen LogP) is 6.84. The van der Waals surface area contributed by atoms with Gasteiger partial charge in [-0.15, -0.1) is 0 Å². The summed E-state index contributed by atoms with van der Waals surface area (Å²) >= 11 is 0. The van der Waals surface area contributed by atoms with Crippen molar-refractivity contribution in [3.63, 3.8) is 0 Å². The number of hydrogen-bond acceptors (Lipinski definition) is 4. The second-order valence-electron chi connectivity index (χ2n) is 16.7. The zero-order valence-corrected chi connectivity index (χ0v) is 27.0. The fourth-order valence-corrected chi connectivity index (χ4v) is 11.9. The number of aromatic nitrogens is 2. The van der Waals surface area contributed by atoms with Crippen LogP contribution in [0.15, 0.2) is 23.5 Å². The molecule has 0 unspecified atom stereocenters. The largest absolute Gasteiger partial charge is 0.370 e. The van der Waals surface area contributed by atoms with Crippen LogP contribution in [0.25, 0.3) is 0 Å². The number of nitrogens with one attached hydrogen (secondary N) is 1. The Morgan fingerprint density at radius 3 is 2.32 bits per heavy atom. The van der Waals surface area contributed by atoms with E-state index in [1.807, 2.05) is 7.05 Å². The molecule has 0 radical (unpaired) electrons. The van der Waals surface area contributed by atoms with E-state index in [0.29, 0.717) is 48.1 Å². The van der Waals surface area contributed by atoms with Gasteiger partial charge in [0.2, 0.25) is 0 Å². The van der Waals surface area contributed by atoms with Crippen LogP contribution in [-0.4, -0.2) is 32.1 Å². The Morgan fingerprint density at radius 1 is 0.976 bits per heavy atom. The maximum Gasteiger partial charge on any atom is 0.289 e. The summed E-state index contributed by atoms with van der Waals surface area (Å²) in [4.78, 5) is 30.8. The topological polar surface area (TPSA) is 84.2 Å². The number of nitrogens with zero attached hydrogens (tertiary/aromatic N) is 2. The molecule has 0 saturated heterocycles. The minimum atomic E-state index is -1.29. The molecule has 8 atom stereocenters. The van der Waals surface area contributed by atoms with Crippen molar-refractivity contribution >= 4 is 11.7 Å². The van der Waals surface area contributed by atoms with E-state index in [1.165, 1.54) is 18.4 Å². The number of hydrogen-bond donors (Lipinski definition) is 2. The molecule has 226 valence electrons. The molecule has 4 saturated carbocycles. The van der Waals surface area contributed by atoms with Crippen molar-refractivity contribution in [2.75, 3.05) is 0 Å². The van der Waals surface area contributed by atoms with Gasteiger partial charge in [0.05, 0.1) is 0 Å². The van der Waals surface area contributed by atoms with Crippen LogP contribution in [0.3, 0.4) is 0 Å². The Labute approximate surface area is 247 Å². The highest BCUT2D eigenvalue weighted by Crippen LogP contribution is 2.77. The molecule has 5 aliphatic rings. The highest BCUT2D eigenvalue weighted by Gasteiger charge is 2.71. The molecule has 0 bridgehead atoms. The maximum atomic E-state index is 13.4. The molecule has 6 nitrogen and oxygen atoms in total. The average molecular weight is 564 g/mol. The number of ketones is 1. The first kappa shape index (κ1) is 29.1. The van der Waals surface area contributed by atoms with Gasteiger partial charge in [-0.25, -0.2) is 4.98 Å². The van der Waals surface area contributed by atoms with Gasteiger partial charge in [0.15, 0.2) is 11.6 Å². The molecule has 2 N–H and O–H groups in total. The molecule has 1 heterocycles. The van der Waals surface area contributed by atoms with Gasteiger partial charge in [-0.3, -0.25) is 9.59 Å². The number of aryl methyl sites for hydroxylation is 1. The van der Waals surface area contributed by atoms with Crippen LogP contribution in [0.5, 0.6) is 0 Å². The SMILES string of the molecule is CC(C)C1=C2[C@H]3CC[C@@H]4[C@@]5(C)CC[C@@](O)(NC(=O)c6nccn6C)C(C)(C)[C@@H]5CC[C@@]4(C)[C@]3(C)CC[C@@]2(C)CC1=O. The number of carbonyl (C=O) groups excluding carboxylic acids is 2. The number of rotatable bonds is 3. The van der Waals surface area contributed by atoms with E-state index in [2.05, 4.69) is 65.7 Å². The standard InChI is InChI=1S/C35H53N3O3/c1-21(2)26-23(39)20-31(5)14-16-33(7)22(27(26)31)10-11-25-32(6)15-17-35(41,37-29(40)28-36-18-19-38(28)9)30(3,4)24(32)12-13-34(25,33)8/h18-19,21-22,24-25,41H,10-17,20H2,1-9H3,(H,37,40)/t22-,24+,25-,31+,32+,33-,34-,35+/m1/s1. The van der Waals surface area contributed by atoms with E-state index in [1.54, 1.807) is 17.0 Å². The fraction of sp³-hybridized carbons (Fsp3) is 0.800. The van der Waals surface area contributed by atoms with Gasteiger partial charge in [0, 0.05) is 31.3 Å². The second kappa shape index (κ2) is 8.80. The number of Topliss-reactive ketones (excluding diaryl/α,β-unsaturated/α-hetero) is 1. The van der Waals surface area contributed by atoms with E-state index in [0.717, 1.165) is 37.7 Å². The minimum absolute atomic E-state index is 0.0416. The van der Waals surface area contributed by atoms with Crippen LogP contribution in [-0.2, 0) is 11.8 Å². The summed E-state index contributed by atoms with van der Waals surface area (Å²) in [7, 11) is 1.81. The van der Waals surface area contributed by atoms with Gasteiger partial charge >= 0.3 is 0 Å². The quantitative estimate of drug-likeness (QED) is 0.395. The van der Waals surface area contributed by atoms with Gasteiger partial charge in [-0.05, 0) is 102 Å². The number of imidazole rings is 1. The summed E-state index contributed by atoms with van der Waals surface area (Å²) in [5.74, 6) is 2.04. The number of amides is 1. The van der Waals surface area contributed by atoms with Gasteiger partial charge in [-0.2, -0.15) is 0 Å². The lowest BCUT2D eigenvalue weighted by molar-refractivity contribution is -0.256. The monoisotopic (exact) mass is 563 g/mol. The van der Waals surface area contributed by atoms with E-state index < -0.39 is 11.1 Å². The van der Waals surface area contributed by atoms with Crippen molar-refractivity contribution in [2.45, 2.75) is 119 Å². The number of carbonyl (C=O) groups is 2. The zero-order chi connectivity index (χ0) is 30.0. The summed E-state index contributed by atoms with van der Waals surface area (Å²) in [6, 6.07) is 0. The molecular formula is C35H53N3O3. The van der Waals surface area contributed by atoms with Crippen molar-refractivity contribution in [3.8, 4) is 0 Å². The minimum Gasteiger partial charge on any atom is -0.370 e. The van der Waals surface area contributed by atoms with Crippen molar-refractivity contribution in [1.29, 1.82) is 0 Å². The molecule has 0 aromatic carbocycles. The first-order valence-electron chi connectivity index (χ1n) is 16.3. The number of allylic oxidation sites excluding steroid dienone is 2. The van der Waals surface area contributed by atoms with E-state index in [4.69, 9.17) is 0 Å². The molecular weight excluding hydrogens is 510 g/mol. The van der Waals surface area contributed by atoms with E-state index in [9.17, 15) is 14.7 Å². The van der Waals surface area contributed by atoms with Crippen molar-refractivity contribution < 1.29 is 14.7 Å². The van der Waals surface area contributed by atoms with E-state index >= 15 is 0 Å². The fourth-order valence-electron chi connectivity index (χ4n) is 11.9. The third kappa shape index (κ3) is 3.61. The molecule has 1 aromatic heterocycles. The Hall–Kier alpha value is -1.95. The predicted molar refractivity (Wildman–Crippen MR) is 161 cm³/mol. The molecule has 0 aliphatic heterocycles. The smallest absolute Gasteiger partial charge is 0.289 e. The summed E-state index contributed by atoms with van der Waals surface area (Å²) in [6.45, 7) is 18.9. The lowest BCUT2D eigenvalue weighted by Crippen LogP contribution is -2.71. The molecule has 1 amide bonds. The third-order valence-corrected chi connectivity index (χ3v) is 14.4. The van der Waals surface area contributed by atoms with Crippen LogP contribution in [0.1, 0.15) is 124 Å². The third-order valence-electron chi connectivity index (χ3n) is 14.4. The van der Waals surface area contributed by atoms with Crippen LogP contribution >= 0.6 is 0 Å². The summed E-state index contributed by atoms with van der Waals surface area (Å²) in [5, 5.41) is 15.2. The van der Waals surface area contributed by atoms with Crippen molar-refractivity contribution in [2.24, 2.45) is 57.8 Å². The molecule has 41 heavy (non-hydrogen) atoms. The van der Waals surface area contributed by atoms with Gasteiger partial charge in [-0.1, -0.05) is 61.0 Å². The first-order valence-corrected chi connectivity index (χ1v) is 16.3. The van der Waals surface area contributed by atoms with Crippen molar-refractivity contribution in [3.05, 3.63) is 29.4 Å². The molecule has 0 spiro atoms. The molecule has 6 rings (SSSR count). The van der Waals surface area contributed by atoms with Gasteiger partial charge < -0.3 is 15.0 Å². The molecule has 6 heteroatoms. The molecule has 4 fully saturated rings. The van der Waals surface area contributed by atoms with Crippen LogP contribution in [0.4, 0.5) is 0 Å². The van der Waals surface area contributed by atoms with Crippen molar-refractivity contribution in [1.82, 2.24) is 14.9 Å². The van der Waals surface area contributed by atoms with Crippen LogP contribution < -0.4 is 5.32 Å². The van der Waals surface area contributed by atoms with Crippen LogP contribution in [0.2, 0.25) is 0 Å². The Balaban J connectivity index is 1.34. The molecule has 1 aromatic rings. The summed E-state index contributed by atoms with van der Waals surface area (Å²) in [6.07, 6.45) is 12.4. The summed E-state index contributed by atoms with van der Waals surface area (Å²) < 4.78 is 1.71. The first-order chi connectivity index (χ1) is 19.0. The highest BCUT2D eigenvalue weighted by atomic mass is 16.3. The Morgan fingerprint density at radius 2 is 1.68 bits per heavy atom. The average Bonchev–Trinajstić information content (AvgIpc) is 3.42. The van der Waals surface area contributed by atoms with Crippen LogP contribution in [0, 0.1) is 50.7 Å². The number of fused-ring (bicyclic) bond motifs is 7. The highest BCUT2D eigenvalue weighted by molar-refractivity contribution is 6.00. The summed E-state index contributed by atoms with van der Waals surface area (Å²) in [5.41, 5.74) is 1.37. The Bertz CT molecular complexity index is 1330. The molecule has 5 aliphatic carbocycles. The second-order valence-corrected chi connectivity index (χ2v) is 16.7. The Kier molecular flexibility index (Phi) is 6.25. The lowest BCUT2D eigenvalue weighted by Gasteiger charge is -2.73. The van der Waals surface area contributed by atoms with Gasteiger partial charge in [0.25, 0.3) is 5.91 Å². The zero-order valence-electron chi connectivity index (χ0n) is 27.0. The normalized spacial score (nSPS) is 45.1. The maximum absolute atomic E-state index is 13.4. The lowest BCUT2D eigenvalue weighted by atomic mass is 9.32. The van der Waals surface area contributed by atoms with Gasteiger partial charge in [0.1, 0.15) is 5.72 Å².